The summed E-state index contributed by atoms with van der Waals surface area (Å²) in [6, 6.07) is 8.02. The summed E-state index contributed by atoms with van der Waals surface area (Å²) in [5.74, 6) is 1.53. The number of morpholine rings is 1. The van der Waals surface area contributed by atoms with Gasteiger partial charge in [-0.15, -0.1) is 12.4 Å². The van der Waals surface area contributed by atoms with Crippen LogP contribution >= 0.6 is 12.4 Å². The average molecular weight is 314 g/mol. The van der Waals surface area contributed by atoms with Crippen molar-refractivity contribution in [2.75, 3.05) is 33.4 Å². The fraction of sp³-hybridized carbons (Fsp3) is 0.625. The summed E-state index contributed by atoms with van der Waals surface area (Å²) >= 11 is 0. The molecule has 0 spiro atoms. The molecule has 5 heteroatoms. The van der Waals surface area contributed by atoms with Crippen LogP contribution in [0.25, 0.3) is 0 Å². The largest absolute Gasteiger partial charge is 0.496 e. The van der Waals surface area contributed by atoms with Crippen LogP contribution in [0.2, 0.25) is 0 Å². The second-order valence-corrected chi connectivity index (χ2v) is 5.74. The molecule has 0 bridgehead atoms. The van der Waals surface area contributed by atoms with Crippen LogP contribution in [0.15, 0.2) is 24.3 Å². The SMILES string of the molecule is COc1ccccc1C1(C(CO)C2CC2)CNCCO1.Cl. The van der Waals surface area contributed by atoms with E-state index in [9.17, 15) is 5.11 Å². The van der Waals surface area contributed by atoms with Crippen LogP contribution in [-0.4, -0.2) is 38.5 Å². The minimum atomic E-state index is -0.471. The normalized spacial score (nSPS) is 26.8. The van der Waals surface area contributed by atoms with Crippen molar-refractivity contribution in [1.29, 1.82) is 0 Å². The first-order valence-electron chi connectivity index (χ1n) is 7.41. The molecule has 2 N–H and O–H groups in total. The smallest absolute Gasteiger partial charge is 0.125 e. The van der Waals surface area contributed by atoms with Crippen molar-refractivity contribution < 1.29 is 14.6 Å². The predicted molar refractivity (Wildman–Crippen MR) is 84.0 cm³/mol. The number of aliphatic hydroxyl groups is 1. The zero-order valence-electron chi connectivity index (χ0n) is 12.4. The lowest BCUT2D eigenvalue weighted by Crippen LogP contribution is -2.53. The van der Waals surface area contributed by atoms with Crippen LogP contribution < -0.4 is 10.1 Å². The van der Waals surface area contributed by atoms with E-state index in [1.807, 2.05) is 18.2 Å². The van der Waals surface area contributed by atoms with Gasteiger partial charge in [0.05, 0.1) is 13.7 Å². The molecule has 2 atom stereocenters. The third-order valence-electron chi connectivity index (χ3n) is 4.58. The Bertz CT molecular complexity index is 459. The molecule has 1 aromatic carbocycles. The molecule has 2 aliphatic rings. The van der Waals surface area contributed by atoms with Crippen molar-refractivity contribution in [2.24, 2.45) is 11.8 Å². The Kier molecular flexibility index (Phi) is 5.49. The number of hydrogen-bond donors (Lipinski definition) is 2. The van der Waals surface area contributed by atoms with Crippen molar-refractivity contribution in [3.05, 3.63) is 29.8 Å². The number of rotatable bonds is 5. The Hall–Kier alpha value is -0.810. The molecule has 118 valence electrons. The van der Waals surface area contributed by atoms with Gasteiger partial charge >= 0.3 is 0 Å². The Morgan fingerprint density at radius 3 is 2.76 bits per heavy atom. The van der Waals surface area contributed by atoms with E-state index in [2.05, 4.69) is 11.4 Å². The van der Waals surface area contributed by atoms with Crippen molar-refractivity contribution in [3.63, 3.8) is 0 Å². The lowest BCUT2D eigenvalue weighted by molar-refractivity contribution is -0.129. The monoisotopic (exact) mass is 313 g/mol. The Morgan fingerprint density at radius 1 is 1.43 bits per heavy atom. The number of halogens is 1. The van der Waals surface area contributed by atoms with E-state index in [1.165, 1.54) is 12.8 Å². The van der Waals surface area contributed by atoms with Crippen LogP contribution in [0.1, 0.15) is 18.4 Å². The van der Waals surface area contributed by atoms with Crippen molar-refractivity contribution in [2.45, 2.75) is 18.4 Å². The van der Waals surface area contributed by atoms with E-state index in [0.717, 1.165) is 24.4 Å². The molecule has 1 aliphatic heterocycles. The van der Waals surface area contributed by atoms with Gasteiger partial charge in [0.15, 0.2) is 0 Å². The maximum atomic E-state index is 9.93. The van der Waals surface area contributed by atoms with Gasteiger partial charge in [0.2, 0.25) is 0 Å². The molecule has 21 heavy (non-hydrogen) atoms. The van der Waals surface area contributed by atoms with E-state index in [4.69, 9.17) is 9.47 Å². The molecule has 2 unspecified atom stereocenters. The number of hydrogen-bond acceptors (Lipinski definition) is 4. The zero-order valence-corrected chi connectivity index (χ0v) is 13.2. The number of para-hydroxylation sites is 1. The maximum absolute atomic E-state index is 9.93. The first-order chi connectivity index (χ1) is 9.81. The summed E-state index contributed by atoms with van der Waals surface area (Å²) in [7, 11) is 1.69. The van der Waals surface area contributed by atoms with Crippen molar-refractivity contribution in [1.82, 2.24) is 5.32 Å². The van der Waals surface area contributed by atoms with Gasteiger partial charge in [-0.2, -0.15) is 0 Å². The first kappa shape index (κ1) is 16.6. The second-order valence-electron chi connectivity index (χ2n) is 5.74. The number of aliphatic hydroxyl groups excluding tert-OH is 1. The molecule has 1 saturated carbocycles. The van der Waals surface area contributed by atoms with E-state index in [-0.39, 0.29) is 24.9 Å². The average Bonchev–Trinajstić information content (AvgIpc) is 3.33. The summed E-state index contributed by atoms with van der Waals surface area (Å²) in [6.45, 7) is 2.42. The van der Waals surface area contributed by atoms with Gasteiger partial charge in [-0.05, 0) is 24.8 Å². The number of ether oxygens (including phenoxy) is 2. The van der Waals surface area contributed by atoms with Crippen molar-refractivity contribution in [3.8, 4) is 5.75 Å². The molecule has 0 radical (unpaired) electrons. The Labute approximate surface area is 132 Å². The van der Waals surface area contributed by atoms with Gasteiger partial charge in [0.1, 0.15) is 11.4 Å². The van der Waals surface area contributed by atoms with E-state index in [1.54, 1.807) is 7.11 Å². The van der Waals surface area contributed by atoms with Crippen LogP contribution in [0.4, 0.5) is 0 Å². The molecule has 1 aliphatic carbocycles. The predicted octanol–water partition coefficient (Wildman–Crippen LogP) is 1.95. The lowest BCUT2D eigenvalue weighted by atomic mass is 9.77. The third kappa shape index (κ3) is 3.04. The van der Waals surface area contributed by atoms with Crippen molar-refractivity contribution >= 4 is 12.4 Å². The first-order valence-corrected chi connectivity index (χ1v) is 7.41. The van der Waals surface area contributed by atoms with Gasteiger partial charge in [-0.1, -0.05) is 18.2 Å². The standard InChI is InChI=1S/C16H23NO3.ClH/c1-19-15-5-3-2-4-13(15)16(11-17-8-9-20-16)14(10-18)12-6-7-12;/h2-5,12,14,17-18H,6-11H2,1H3;1H. The topological polar surface area (TPSA) is 50.7 Å². The molecule has 0 amide bonds. The zero-order chi connectivity index (χ0) is 14.0. The number of benzene rings is 1. The fourth-order valence-corrected chi connectivity index (χ4v) is 3.41. The Morgan fingerprint density at radius 2 is 2.19 bits per heavy atom. The number of methoxy groups -OCH3 is 1. The highest BCUT2D eigenvalue weighted by Crippen LogP contribution is 2.49. The molecule has 4 nitrogen and oxygen atoms in total. The minimum Gasteiger partial charge on any atom is -0.496 e. The minimum absolute atomic E-state index is 0. The van der Waals surface area contributed by atoms with Crippen LogP contribution in [0.5, 0.6) is 5.75 Å². The van der Waals surface area contributed by atoms with E-state index < -0.39 is 5.60 Å². The summed E-state index contributed by atoms with van der Waals surface area (Å²) in [4.78, 5) is 0. The van der Waals surface area contributed by atoms with Gasteiger partial charge in [-0.25, -0.2) is 0 Å². The summed E-state index contributed by atoms with van der Waals surface area (Å²) in [6.07, 6.45) is 2.37. The molecular formula is C16H24ClNO3. The molecule has 2 fully saturated rings. The Balaban J connectivity index is 0.00000161. The molecule has 3 rings (SSSR count). The van der Waals surface area contributed by atoms with Gasteiger partial charge in [0.25, 0.3) is 0 Å². The molecular weight excluding hydrogens is 290 g/mol. The van der Waals surface area contributed by atoms with E-state index in [0.29, 0.717) is 12.5 Å². The second kappa shape index (κ2) is 6.97. The van der Waals surface area contributed by atoms with E-state index >= 15 is 0 Å². The van der Waals surface area contributed by atoms with Gasteiger partial charge < -0.3 is 19.9 Å². The van der Waals surface area contributed by atoms with Gasteiger partial charge in [-0.3, -0.25) is 0 Å². The highest BCUT2D eigenvalue weighted by Gasteiger charge is 2.50. The third-order valence-corrected chi connectivity index (χ3v) is 4.58. The molecule has 1 heterocycles. The highest BCUT2D eigenvalue weighted by atomic mass is 35.5. The quantitative estimate of drug-likeness (QED) is 0.872. The van der Waals surface area contributed by atoms with Crippen LogP contribution in [-0.2, 0) is 10.3 Å². The molecule has 0 aromatic heterocycles. The van der Waals surface area contributed by atoms with Crippen LogP contribution in [0.3, 0.4) is 0 Å². The maximum Gasteiger partial charge on any atom is 0.125 e. The van der Waals surface area contributed by atoms with Gasteiger partial charge in [0, 0.05) is 31.2 Å². The summed E-state index contributed by atoms with van der Waals surface area (Å²) in [5.41, 5.74) is 0.585. The number of nitrogens with one attached hydrogen (secondary N) is 1. The molecule has 1 aromatic rings. The lowest BCUT2D eigenvalue weighted by Gasteiger charge is -2.44. The summed E-state index contributed by atoms with van der Waals surface area (Å²) in [5, 5.41) is 13.4. The molecule has 1 saturated heterocycles. The fourth-order valence-electron chi connectivity index (χ4n) is 3.41. The summed E-state index contributed by atoms with van der Waals surface area (Å²) < 4.78 is 11.8. The highest BCUT2D eigenvalue weighted by molar-refractivity contribution is 5.85. The van der Waals surface area contributed by atoms with Crippen LogP contribution in [0, 0.1) is 11.8 Å².